The highest BCUT2D eigenvalue weighted by atomic mass is 32.2. The zero-order valence-corrected chi connectivity index (χ0v) is 27.0. The van der Waals surface area contributed by atoms with Crippen LogP contribution in [-0.2, 0) is 21.2 Å². The molecule has 14 heteroatoms. The Morgan fingerprint density at radius 1 is 1.02 bits per heavy atom. The third-order valence-electron chi connectivity index (χ3n) is 7.70. The lowest BCUT2D eigenvalue weighted by Crippen LogP contribution is -2.42. The van der Waals surface area contributed by atoms with Gasteiger partial charge in [-0.1, -0.05) is 24.3 Å². The first kappa shape index (κ1) is 34.7. The van der Waals surface area contributed by atoms with Crippen LogP contribution in [0.2, 0.25) is 0 Å². The third kappa shape index (κ3) is 8.53. The van der Waals surface area contributed by atoms with Crippen LogP contribution in [0.3, 0.4) is 0 Å². The van der Waals surface area contributed by atoms with E-state index in [1.54, 1.807) is 26.8 Å². The molecule has 1 aliphatic rings. The molecule has 1 atom stereocenters. The Hall–Kier alpha value is -4.20. The number of rotatable bonds is 11. The Morgan fingerprint density at radius 2 is 1.65 bits per heavy atom. The van der Waals surface area contributed by atoms with Crippen LogP contribution in [0.4, 0.5) is 23.9 Å². The van der Waals surface area contributed by atoms with Gasteiger partial charge in [0.1, 0.15) is 5.60 Å². The van der Waals surface area contributed by atoms with Gasteiger partial charge >= 0.3 is 18.2 Å². The molecule has 0 saturated heterocycles. The minimum atomic E-state index is -4.44. The average molecular weight is 663 g/mol. The van der Waals surface area contributed by atoms with E-state index < -0.39 is 45.3 Å². The van der Waals surface area contributed by atoms with Crippen molar-refractivity contribution in [2.75, 3.05) is 4.72 Å². The molecular weight excluding hydrogens is 625 g/mol. The number of ether oxygens (including phenoxy) is 1. The Morgan fingerprint density at radius 3 is 2.22 bits per heavy atom. The quantitative estimate of drug-likeness (QED) is 0.203. The van der Waals surface area contributed by atoms with Gasteiger partial charge in [-0.3, -0.25) is 0 Å². The van der Waals surface area contributed by atoms with Crippen molar-refractivity contribution >= 4 is 28.0 Å². The van der Waals surface area contributed by atoms with Gasteiger partial charge in [0.05, 0.1) is 21.6 Å². The number of carbonyl (C=O) groups excluding carboxylic acids is 1. The highest BCUT2D eigenvalue weighted by molar-refractivity contribution is 7.92. The number of aryl methyl sites for hydroxylation is 3. The number of aromatic nitrogens is 2. The smallest absolute Gasteiger partial charge is 0.407 e. The second-order valence-electron chi connectivity index (χ2n) is 12.6. The summed E-state index contributed by atoms with van der Waals surface area (Å²) in [6, 6.07) is 11.1. The van der Waals surface area contributed by atoms with Gasteiger partial charge in [0.15, 0.2) is 0 Å². The summed E-state index contributed by atoms with van der Waals surface area (Å²) in [4.78, 5) is 32.5. The predicted octanol–water partition coefficient (Wildman–Crippen LogP) is 6.82. The normalized spacial score (nSPS) is 15.1. The van der Waals surface area contributed by atoms with Crippen molar-refractivity contribution in [2.45, 2.75) is 89.4 Å². The summed E-state index contributed by atoms with van der Waals surface area (Å²) >= 11 is 0. The van der Waals surface area contributed by atoms with Gasteiger partial charge in [-0.15, -0.1) is 0 Å². The molecule has 46 heavy (non-hydrogen) atoms. The standard InChI is InChI=1S/C32H37F3N4O6S/c1-19-8-6-9-20(2)26(19)25-17-22(36-28(38-25)39-46(43,44)24-11-7-10-21(16-24)27(40)41)12-13-23(37-29(42)45-30(3,4)5)18-31(14-15-31)32(33,34)35/h6-11,16-17,23H,12-15,18H2,1-5H3,(H,37,42)(H,40,41)(H,36,38,39)/t23-/m0/s1. The van der Waals surface area contributed by atoms with Crippen LogP contribution in [0.5, 0.6) is 0 Å². The number of amides is 1. The number of anilines is 1. The summed E-state index contributed by atoms with van der Waals surface area (Å²) in [5, 5.41) is 11.9. The Bertz CT molecular complexity index is 1710. The van der Waals surface area contributed by atoms with Crippen molar-refractivity contribution in [3.05, 3.63) is 70.9 Å². The number of carbonyl (C=O) groups is 2. The molecule has 0 aliphatic heterocycles. The van der Waals surface area contributed by atoms with E-state index in [0.717, 1.165) is 22.8 Å². The molecular formula is C32H37F3N4O6S. The Balaban J connectivity index is 1.69. The zero-order valence-electron chi connectivity index (χ0n) is 26.2. The van der Waals surface area contributed by atoms with E-state index in [1.807, 2.05) is 32.0 Å². The van der Waals surface area contributed by atoms with Crippen molar-refractivity contribution in [3.8, 4) is 11.3 Å². The SMILES string of the molecule is Cc1cccc(C)c1-c1cc(CC[C@@H](CC2(C(F)(F)F)CC2)NC(=O)OC(C)(C)C)nc(NS(=O)(=O)c2cccc(C(=O)O)c2)n1. The summed E-state index contributed by atoms with van der Waals surface area (Å²) in [5.74, 6) is -1.61. The number of benzene rings is 2. The zero-order chi connectivity index (χ0) is 34.1. The number of nitrogens with zero attached hydrogens (tertiary/aromatic N) is 2. The van der Waals surface area contributed by atoms with Gasteiger partial charge in [-0.05, 0) is 102 Å². The number of carboxylic acids is 1. The molecule has 0 spiro atoms. The predicted molar refractivity (Wildman–Crippen MR) is 165 cm³/mol. The van der Waals surface area contributed by atoms with Gasteiger partial charge in [-0.25, -0.2) is 32.7 Å². The molecule has 1 amide bonds. The number of sulfonamides is 1. The number of nitrogens with one attached hydrogen (secondary N) is 2. The molecule has 1 aromatic heterocycles. The molecule has 248 valence electrons. The molecule has 1 heterocycles. The average Bonchev–Trinajstić information content (AvgIpc) is 3.71. The second kappa shape index (κ2) is 12.9. The summed E-state index contributed by atoms with van der Waals surface area (Å²) in [6.07, 6.45) is -5.58. The second-order valence-corrected chi connectivity index (χ2v) is 14.3. The maximum atomic E-state index is 13.9. The Labute approximate surface area is 265 Å². The van der Waals surface area contributed by atoms with E-state index in [1.165, 1.54) is 18.2 Å². The van der Waals surface area contributed by atoms with Crippen molar-refractivity contribution in [3.63, 3.8) is 0 Å². The first-order chi connectivity index (χ1) is 21.3. The minimum Gasteiger partial charge on any atom is -0.478 e. The van der Waals surface area contributed by atoms with Gasteiger partial charge in [0.25, 0.3) is 10.0 Å². The van der Waals surface area contributed by atoms with Gasteiger partial charge in [0.2, 0.25) is 5.95 Å². The van der Waals surface area contributed by atoms with Crippen molar-refractivity contribution in [1.29, 1.82) is 0 Å². The van der Waals surface area contributed by atoms with E-state index in [0.29, 0.717) is 11.4 Å². The van der Waals surface area contributed by atoms with E-state index in [2.05, 4.69) is 20.0 Å². The lowest BCUT2D eigenvalue weighted by molar-refractivity contribution is -0.190. The number of hydrogen-bond donors (Lipinski definition) is 3. The summed E-state index contributed by atoms with van der Waals surface area (Å²) in [5.41, 5.74) is 0.115. The highest BCUT2D eigenvalue weighted by Gasteiger charge is 2.63. The molecule has 2 aromatic carbocycles. The monoisotopic (exact) mass is 662 g/mol. The molecule has 0 unspecified atom stereocenters. The maximum absolute atomic E-state index is 13.9. The van der Waals surface area contributed by atoms with Crippen LogP contribution >= 0.6 is 0 Å². The third-order valence-corrected chi connectivity index (χ3v) is 9.02. The lowest BCUT2D eigenvalue weighted by Gasteiger charge is -2.28. The summed E-state index contributed by atoms with van der Waals surface area (Å²) < 4.78 is 75.9. The molecule has 1 saturated carbocycles. The molecule has 10 nitrogen and oxygen atoms in total. The van der Waals surface area contributed by atoms with Gasteiger partial charge in [-0.2, -0.15) is 13.2 Å². The fourth-order valence-corrected chi connectivity index (χ4v) is 6.23. The molecule has 3 N–H and O–H groups in total. The van der Waals surface area contributed by atoms with Crippen LogP contribution in [0, 0.1) is 19.3 Å². The number of alkyl halides is 3. The first-order valence-electron chi connectivity index (χ1n) is 14.7. The van der Waals surface area contributed by atoms with E-state index in [-0.39, 0.29) is 48.5 Å². The van der Waals surface area contributed by atoms with Gasteiger partial charge in [0, 0.05) is 17.3 Å². The number of carboxylic acid groups (broad SMARTS) is 1. The molecule has 4 rings (SSSR count). The van der Waals surface area contributed by atoms with Crippen molar-refractivity contribution in [1.82, 2.24) is 15.3 Å². The van der Waals surface area contributed by atoms with Crippen LogP contribution in [0.15, 0.2) is 53.4 Å². The number of hydrogen-bond acceptors (Lipinski definition) is 7. The fraction of sp³-hybridized carbons (Fsp3) is 0.438. The van der Waals surface area contributed by atoms with E-state index in [9.17, 15) is 36.3 Å². The van der Waals surface area contributed by atoms with E-state index in [4.69, 9.17) is 4.74 Å². The number of halogens is 3. The van der Waals surface area contributed by atoms with Crippen LogP contribution in [-0.4, -0.2) is 53.4 Å². The summed E-state index contributed by atoms with van der Waals surface area (Å²) in [6.45, 7) is 8.67. The van der Waals surface area contributed by atoms with E-state index >= 15 is 0 Å². The molecule has 0 radical (unpaired) electrons. The highest BCUT2D eigenvalue weighted by Crippen LogP contribution is 2.60. The lowest BCUT2D eigenvalue weighted by atomic mass is 9.92. The Kier molecular flexibility index (Phi) is 9.72. The molecule has 1 aliphatic carbocycles. The number of aromatic carboxylic acids is 1. The topological polar surface area (TPSA) is 148 Å². The maximum Gasteiger partial charge on any atom is 0.407 e. The molecule has 3 aromatic rings. The van der Waals surface area contributed by atoms with Crippen LogP contribution in [0.1, 0.15) is 73.6 Å². The van der Waals surface area contributed by atoms with Crippen molar-refractivity contribution in [2.24, 2.45) is 5.41 Å². The minimum absolute atomic E-state index is 0.0395. The fourth-order valence-electron chi connectivity index (χ4n) is 5.24. The molecule has 1 fully saturated rings. The summed E-state index contributed by atoms with van der Waals surface area (Å²) in [7, 11) is -4.34. The van der Waals surface area contributed by atoms with Crippen LogP contribution in [0.25, 0.3) is 11.3 Å². The first-order valence-corrected chi connectivity index (χ1v) is 16.1. The molecule has 0 bridgehead atoms. The van der Waals surface area contributed by atoms with Crippen LogP contribution < -0.4 is 10.0 Å². The number of alkyl carbamates (subject to hydrolysis) is 1. The van der Waals surface area contributed by atoms with Gasteiger partial charge < -0.3 is 15.2 Å². The largest absolute Gasteiger partial charge is 0.478 e. The van der Waals surface area contributed by atoms with Crippen molar-refractivity contribution < 1.29 is 41.0 Å².